The first-order valence-electron chi connectivity index (χ1n) is 8.75. The first kappa shape index (κ1) is 16.4. The van der Waals surface area contributed by atoms with Crippen molar-refractivity contribution in [3.63, 3.8) is 0 Å². The largest absolute Gasteiger partial charge is 0.493 e. The third-order valence-corrected chi connectivity index (χ3v) is 4.91. The number of rotatable bonds is 4. The van der Waals surface area contributed by atoms with Gasteiger partial charge in [0.05, 0.1) is 7.11 Å². The molecule has 0 saturated heterocycles. The summed E-state index contributed by atoms with van der Waals surface area (Å²) in [4.78, 5) is 11.2. The zero-order valence-electron chi connectivity index (χ0n) is 14.6. The fraction of sp³-hybridized carbons (Fsp3) is 0.174. The molecule has 0 bridgehead atoms. The highest BCUT2D eigenvalue weighted by atomic mass is 16.5. The highest BCUT2D eigenvalue weighted by Crippen LogP contribution is 2.39. The van der Waals surface area contributed by atoms with Crippen molar-refractivity contribution in [3.8, 4) is 11.5 Å². The molecule has 3 aromatic rings. The number of hydrogen-bond donors (Lipinski definition) is 0. The molecule has 0 heterocycles. The van der Waals surface area contributed by atoms with Crippen LogP contribution in [0.15, 0.2) is 66.7 Å². The average molecular weight is 344 g/mol. The highest BCUT2D eigenvalue weighted by Gasteiger charge is 2.26. The number of methoxy groups -OCH3 is 1. The molecule has 26 heavy (non-hydrogen) atoms. The molecule has 0 fully saturated rings. The van der Waals surface area contributed by atoms with Gasteiger partial charge in [-0.3, -0.25) is 4.79 Å². The molecular weight excluding hydrogens is 324 g/mol. The van der Waals surface area contributed by atoms with Gasteiger partial charge in [-0.05, 0) is 42.2 Å². The number of fused-ring (bicyclic) bond motifs is 2. The maximum absolute atomic E-state index is 11.2. The van der Waals surface area contributed by atoms with E-state index in [0.29, 0.717) is 17.1 Å². The third-order valence-electron chi connectivity index (χ3n) is 4.91. The average Bonchev–Trinajstić information content (AvgIpc) is 2.85. The van der Waals surface area contributed by atoms with Crippen LogP contribution in [0, 0.1) is 0 Å². The number of aryl methyl sites for hydroxylation is 2. The summed E-state index contributed by atoms with van der Waals surface area (Å²) >= 11 is 0. The monoisotopic (exact) mass is 344 g/mol. The van der Waals surface area contributed by atoms with Crippen LogP contribution in [0.2, 0.25) is 0 Å². The first-order valence-corrected chi connectivity index (χ1v) is 8.75. The van der Waals surface area contributed by atoms with Crippen LogP contribution in [0.5, 0.6) is 11.5 Å². The van der Waals surface area contributed by atoms with Gasteiger partial charge < -0.3 is 9.47 Å². The minimum atomic E-state index is -0.235. The van der Waals surface area contributed by atoms with E-state index in [1.54, 1.807) is 25.3 Å². The highest BCUT2D eigenvalue weighted by molar-refractivity contribution is 5.76. The number of carbonyl (C=O) groups is 1. The lowest BCUT2D eigenvalue weighted by atomic mass is 9.97. The molecule has 0 unspecified atom stereocenters. The van der Waals surface area contributed by atoms with Crippen LogP contribution in [-0.4, -0.2) is 13.4 Å². The Labute approximate surface area is 153 Å². The summed E-state index contributed by atoms with van der Waals surface area (Å²) in [6.45, 7) is 0. The molecule has 4 rings (SSSR count). The summed E-state index contributed by atoms with van der Waals surface area (Å²) in [6.07, 6.45) is 2.55. The predicted octanol–water partition coefficient (Wildman–Crippen LogP) is 4.77. The van der Waals surface area contributed by atoms with Gasteiger partial charge in [0, 0.05) is 16.7 Å². The van der Waals surface area contributed by atoms with Crippen molar-refractivity contribution in [2.45, 2.75) is 18.9 Å². The molecule has 3 nitrogen and oxygen atoms in total. The van der Waals surface area contributed by atoms with Gasteiger partial charge in [0.1, 0.15) is 12.4 Å². The number of carbonyl (C=O) groups excluding carboxylic acids is 1. The van der Waals surface area contributed by atoms with Crippen LogP contribution in [-0.2, 0) is 12.8 Å². The Balaban J connectivity index is 1.85. The van der Waals surface area contributed by atoms with Crippen LogP contribution in [0.25, 0.3) is 0 Å². The Hall–Kier alpha value is -3.07. The van der Waals surface area contributed by atoms with Crippen molar-refractivity contribution in [3.05, 3.63) is 94.5 Å². The number of benzene rings is 3. The van der Waals surface area contributed by atoms with E-state index >= 15 is 0 Å². The molecule has 3 heteroatoms. The molecular formula is C23H20O3. The predicted molar refractivity (Wildman–Crippen MR) is 101 cm³/mol. The summed E-state index contributed by atoms with van der Waals surface area (Å²) < 4.78 is 11.9. The Morgan fingerprint density at radius 3 is 2.04 bits per heavy atom. The van der Waals surface area contributed by atoms with Gasteiger partial charge in [0.25, 0.3) is 0 Å². The van der Waals surface area contributed by atoms with E-state index in [9.17, 15) is 4.79 Å². The van der Waals surface area contributed by atoms with Crippen LogP contribution in [0.3, 0.4) is 0 Å². The zero-order valence-corrected chi connectivity index (χ0v) is 14.6. The second-order valence-corrected chi connectivity index (χ2v) is 6.42. The lowest BCUT2D eigenvalue weighted by molar-refractivity contribution is 0.112. The Kier molecular flexibility index (Phi) is 4.44. The van der Waals surface area contributed by atoms with Gasteiger partial charge >= 0.3 is 0 Å². The fourth-order valence-corrected chi connectivity index (χ4v) is 3.58. The summed E-state index contributed by atoms with van der Waals surface area (Å²) in [6, 6.07) is 22.0. The quantitative estimate of drug-likeness (QED) is 0.639. The molecule has 0 amide bonds. The Bertz CT molecular complexity index is 898. The molecule has 130 valence electrons. The van der Waals surface area contributed by atoms with E-state index < -0.39 is 0 Å². The number of hydrogen-bond acceptors (Lipinski definition) is 3. The second kappa shape index (κ2) is 7.04. The van der Waals surface area contributed by atoms with Crippen LogP contribution >= 0.6 is 0 Å². The lowest BCUT2D eigenvalue weighted by Gasteiger charge is -2.23. The van der Waals surface area contributed by atoms with Gasteiger partial charge in [-0.2, -0.15) is 0 Å². The fourth-order valence-electron chi connectivity index (χ4n) is 3.58. The lowest BCUT2D eigenvalue weighted by Crippen LogP contribution is -2.12. The standard InChI is InChI=1S/C23H20O3/c1-25-21-13-10-16(15-24)14-22(21)26-23-19-8-4-2-6-17(19)11-12-18-7-3-5-9-20(18)23/h2-10,13-15,23H,11-12H2,1H3. The first-order chi connectivity index (χ1) is 12.8. The minimum absolute atomic E-state index is 0.235. The molecule has 0 aliphatic heterocycles. The molecule has 1 aliphatic carbocycles. The van der Waals surface area contributed by atoms with Crippen LogP contribution in [0.1, 0.15) is 38.7 Å². The van der Waals surface area contributed by atoms with Crippen molar-refractivity contribution in [1.29, 1.82) is 0 Å². The molecule has 0 saturated carbocycles. The van der Waals surface area contributed by atoms with Gasteiger partial charge in [-0.25, -0.2) is 0 Å². The van der Waals surface area contributed by atoms with Gasteiger partial charge in [0.2, 0.25) is 0 Å². The van der Waals surface area contributed by atoms with Gasteiger partial charge in [0.15, 0.2) is 11.5 Å². The van der Waals surface area contributed by atoms with E-state index in [0.717, 1.165) is 30.3 Å². The van der Waals surface area contributed by atoms with Crippen molar-refractivity contribution >= 4 is 6.29 Å². The van der Waals surface area contributed by atoms with Crippen molar-refractivity contribution in [1.82, 2.24) is 0 Å². The molecule has 1 aliphatic rings. The Morgan fingerprint density at radius 2 is 1.46 bits per heavy atom. The third kappa shape index (κ3) is 2.97. The van der Waals surface area contributed by atoms with E-state index in [1.165, 1.54) is 11.1 Å². The van der Waals surface area contributed by atoms with E-state index in [-0.39, 0.29) is 6.10 Å². The molecule has 3 aromatic carbocycles. The second-order valence-electron chi connectivity index (χ2n) is 6.42. The maximum Gasteiger partial charge on any atom is 0.163 e. The smallest absolute Gasteiger partial charge is 0.163 e. The normalized spacial score (nSPS) is 13.3. The number of aldehydes is 1. The molecule has 0 atom stereocenters. The summed E-state index contributed by atoms with van der Waals surface area (Å²) in [5, 5.41) is 0. The summed E-state index contributed by atoms with van der Waals surface area (Å²) in [7, 11) is 1.61. The molecule has 0 N–H and O–H groups in total. The number of ether oxygens (including phenoxy) is 2. The van der Waals surface area contributed by atoms with E-state index in [4.69, 9.17) is 9.47 Å². The zero-order chi connectivity index (χ0) is 17.9. The maximum atomic E-state index is 11.2. The summed E-state index contributed by atoms with van der Waals surface area (Å²) in [5.74, 6) is 1.20. The Morgan fingerprint density at radius 1 is 0.846 bits per heavy atom. The topological polar surface area (TPSA) is 35.5 Å². The molecule has 0 radical (unpaired) electrons. The minimum Gasteiger partial charge on any atom is -0.493 e. The van der Waals surface area contributed by atoms with E-state index in [1.807, 2.05) is 12.1 Å². The van der Waals surface area contributed by atoms with Gasteiger partial charge in [-0.1, -0.05) is 48.5 Å². The molecule has 0 spiro atoms. The van der Waals surface area contributed by atoms with E-state index in [2.05, 4.69) is 36.4 Å². The van der Waals surface area contributed by atoms with Crippen LogP contribution in [0.4, 0.5) is 0 Å². The summed E-state index contributed by atoms with van der Waals surface area (Å²) in [5.41, 5.74) is 5.47. The van der Waals surface area contributed by atoms with Crippen molar-refractivity contribution in [2.24, 2.45) is 0 Å². The van der Waals surface area contributed by atoms with Crippen molar-refractivity contribution in [2.75, 3.05) is 7.11 Å². The SMILES string of the molecule is COc1ccc(C=O)cc1OC1c2ccccc2CCc2ccccc21. The van der Waals surface area contributed by atoms with Crippen LogP contribution < -0.4 is 9.47 Å². The molecule has 0 aromatic heterocycles. The van der Waals surface area contributed by atoms with Gasteiger partial charge in [-0.15, -0.1) is 0 Å². The van der Waals surface area contributed by atoms with Crippen molar-refractivity contribution < 1.29 is 14.3 Å².